The number of likely N-dealkylation sites (tertiary alicyclic amines) is 1. The number of hydrogen-bond acceptors (Lipinski definition) is 1. The second-order valence-corrected chi connectivity index (χ2v) is 2.92. The summed E-state index contributed by atoms with van der Waals surface area (Å²) in [6.07, 6.45) is 9.27. The van der Waals surface area contributed by atoms with Gasteiger partial charge in [0.05, 0.1) is 0 Å². The van der Waals surface area contributed by atoms with Crippen LogP contribution in [0.1, 0.15) is 12.8 Å². The van der Waals surface area contributed by atoms with Crippen molar-refractivity contribution in [2.24, 2.45) is 5.92 Å². The monoisotopic (exact) mass is 408 g/mol. The minimum Gasteiger partial charge on any atom is -0.692 e. The van der Waals surface area contributed by atoms with E-state index in [0.29, 0.717) is 12.5 Å². The molecule has 1 heterocycles. The van der Waals surface area contributed by atoms with Crippen LogP contribution in [0.25, 0.3) is 0 Å². The van der Waals surface area contributed by atoms with E-state index < -0.39 is 0 Å². The molecule has 1 fully saturated rings. The summed E-state index contributed by atoms with van der Waals surface area (Å²) in [5, 5.41) is 0. The number of nitrogens with zero attached hydrogens (tertiary/aromatic N) is 1. The van der Waals surface area contributed by atoms with Gasteiger partial charge in [0.15, 0.2) is 0 Å². The van der Waals surface area contributed by atoms with Crippen molar-refractivity contribution >= 4 is 0 Å². The van der Waals surface area contributed by atoms with Crippen LogP contribution in [0, 0.1) is 25.2 Å². The average molecular weight is 408 g/mol. The Hall–Kier alpha value is 1.31. The van der Waals surface area contributed by atoms with Crippen LogP contribution in [0.3, 0.4) is 0 Å². The quantitative estimate of drug-likeness (QED) is 0.465. The maximum absolute atomic E-state index is 6.79. The summed E-state index contributed by atoms with van der Waals surface area (Å²) in [6.45, 7) is 6.86. The minimum absolute atomic E-state index is 0. The van der Waals surface area contributed by atoms with Gasteiger partial charge >= 0.3 is 0 Å². The third-order valence-electron chi connectivity index (χ3n) is 1.91. The van der Waals surface area contributed by atoms with E-state index in [9.17, 15) is 0 Å². The SMILES string of the molecule is [C-]#CCN1CCCC([CH2-])C1.[W].[Y]. The van der Waals surface area contributed by atoms with E-state index in [1.165, 1.54) is 12.8 Å². The molecule has 1 saturated heterocycles. The van der Waals surface area contributed by atoms with Gasteiger partial charge in [-0.25, -0.2) is 0 Å². The molecule has 12 heavy (non-hydrogen) atoms. The van der Waals surface area contributed by atoms with Crippen LogP contribution < -0.4 is 0 Å². The second kappa shape index (κ2) is 8.89. The molecule has 0 saturated carbocycles. The van der Waals surface area contributed by atoms with E-state index in [1.54, 1.807) is 0 Å². The molecule has 3 heteroatoms. The molecule has 0 amide bonds. The average Bonchev–Trinajstić information content (AvgIpc) is 1.88. The van der Waals surface area contributed by atoms with Gasteiger partial charge in [-0.3, -0.25) is 4.90 Å². The van der Waals surface area contributed by atoms with Gasteiger partial charge in [-0.15, -0.1) is 0 Å². The summed E-state index contributed by atoms with van der Waals surface area (Å²) < 4.78 is 0. The summed E-state index contributed by atoms with van der Waals surface area (Å²) in [7, 11) is 0. The van der Waals surface area contributed by atoms with Gasteiger partial charge in [0.1, 0.15) is 0 Å². The Morgan fingerprint density at radius 1 is 1.58 bits per heavy atom. The first kappa shape index (κ1) is 15.8. The summed E-state index contributed by atoms with van der Waals surface area (Å²) in [5.74, 6) is 2.98. The standard InChI is InChI=1S/C9H13N.W.Y/c1-3-6-10-7-4-5-9(2)8-10;;/h9H,2,4-8H2;;/q-2;;. The molecule has 1 atom stereocenters. The predicted octanol–water partition coefficient (Wildman–Crippen LogP) is 1.12. The largest absolute Gasteiger partial charge is 0.692 e. The zero-order chi connectivity index (χ0) is 7.40. The van der Waals surface area contributed by atoms with Crippen LogP contribution in [-0.2, 0) is 53.8 Å². The topological polar surface area (TPSA) is 3.24 Å². The van der Waals surface area contributed by atoms with Crippen molar-refractivity contribution < 1.29 is 53.8 Å². The molecule has 0 aromatic carbocycles. The van der Waals surface area contributed by atoms with Crippen LogP contribution in [0.4, 0.5) is 0 Å². The molecular formula is C9H13NWY-2. The maximum atomic E-state index is 6.79. The van der Waals surface area contributed by atoms with Crippen LogP contribution in [0.2, 0.25) is 0 Å². The van der Waals surface area contributed by atoms with Crippen molar-refractivity contribution in [1.29, 1.82) is 0 Å². The fraction of sp³-hybridized carbons (Fsp3) is 0.667. The summed E-state index contributed by atoms with van der Waals surface area (Å²) >= 11 is 0. The van der Waals surface area contributed by atoms with E-state index in [1.807, 2.05) is 0 Å². The number of piperidine rings is 1. The van der Waals surface area contributed by atoms with Crippen LogP contribution in [-0.4, -0.2) is 24.5 Å². The summed E-state index contributed by atoms with van der Waals surface area (Å²) in [4.78, 5) is 2.23. The fourth-order valence-corrected chi connectivity index (χ4v) is 1.41. The smallest absolute Gasteiger partial charge is 0.0207 e. The van der Waals surface area contributed by atoms with Crippen molar-refractivity contribution in [3.8, 4) is 5.92 Å². The van der Waals surface area contributed by atoms with Gasteiger partial charge in [-0.1, -0.05) is 6.42 Å². The zero-order valence-electron chi connectivity index (χ0n) is 7.25. The fourth-order valence-electron chi connectivity index (χ4n) is 1.41. The number of hydrogen-bond donors (Lipinski definition) is 0. The van der Waals surface area contributed by atoms with E-state index in [4.69, 9.17) is 6.42 Å². The Kier molecular flexibility index (Phi) is 11.7. The molecule has 0 bridgehead atoms. The van der Waals surface area contributed by atoms with Crippen molar-refractivity contribution in [2.45, 2.75) is 12.8 Å². The zero-order valence-corrected chi connectivity index (χ0v) is 13.0. The molecule has 0 aliphatic carbocycles. The first-order valence-electron chi connectivity index (χ1n) is 3.78. The van der Waals surface area contributed by atoms with Crippen LogP contribution >= 0.6 is 0 Å². The van der Waals surface area contributed by atoms with Crippen molar-refractivity contribution in [3.63, 3.8) is 0 Å². The molecule has 1 radical (unpaired) electrons. The normalized spacial score (nSPS) is 23.2. The first-order valence-corrected chi connectivity index (χ1v) is 3.78. The van der Waals surface area contributed by atoms with E-state index in [0.717, 1.165) is 13.1 Å². The first-order chi connectivity index (χ1) is 4.83. The molecule has 0 spiro atoms. The second-order valence-electron chi connectivity index (χ2n) is 2.92. The van der Waals surface area contributed by atoms with Gasteiger partial charge < -0.3 is 19.3 Å². The Morgan fingerprint density at radius 2 is 2.25 bits per heavy atom. The van der Waals surface area contributed by atoms with Gasteiger partial charge in [-0.05, 0) is 19.5 Å². The van der Waals surface area contributed by atoms with Gasteiger partial charge in [-0.2, -0.15) is 5.92 Å². The molecular weight excluding hydrogens is 395 g/mol. The van der Waals surface area contributed by atoms with Crippen molar-refractivity contribution in [1.82, 2.24) is 4.90 Å². The third-order valence-corrected chi connectivity index (χ3v) is 1.91. The Labute approximate surface area is 115 Å². The Bertz CT molecular complexity index is 144. The van der Waals surface area contributed by atoms with Crippen molar-refractivity contribution in [2.75, 3.05) is 19.6 Å². The maximum Gasteiger partial charge on any atom is 0.0207 e. The molecule has 0 aromatic rings. The molecule has 1 nitrogen and oxygen atoms in total. The molecule has 65 valence electrons. The predicted molar refractivity (Wildman–Crippen MR) is 41.7 cm³/mol. The van der Waals surface area contributed by atoms with Gasteiger partial charge in [0.25, 0.3) is 0 Å². The van der Waals surface area contributed by atoms with Gasteiger partial charge in [0.2, 0.25) is 0 Å². The Balaban J connectivity index is 0. The number of rotatable bonds is 1. The Morgan fingerprint density at radius 3 is 2.75 bits per heavy atom. The van der Waals surface area contributed by atoms with Crippen LogP contribution in [0.15, 0.2) is 0 Å². The minimum atomic E-state index is 0. The molecule has 1 aliphatic heterocycles. The molecule has 0 aromatic heterocycles. The molecule has 1 unspecified atom stereocenters. The molecule has 0 N–H and O–H groups in total. The van der Waals surface area contributed by atoms with E-state index in [-0.39, 0.29) is 53.8 Å². The third kappa shape index (κ3) is 5.87. The molecule has 1 rings (SSSR count). The van der Waals surface area contributed by atoms with E-state index in [2.05, 4.69) is 17.7 Å². The van der Waals surface area contributed by atoms with E-state index >= 15 is 0 Å². The van der Waals surface area contributed by atoms with Crippen molar-refractivity contribution in [3.05, 3.63) is 13.3 Å². The molecule has 1 aliphatic rings. The van der Waals surface area contributed by atoms with Gasteiger partial charge in [0, 0.05) is 60.3 Å². The summed E-state index contributed by atoms with van der Waals surface area (Å²) in [5.41, 5.74) is 0. The summed E-state index contributed by atoms with van der Waals surface area (Å²) in [6, 6.07) is 0. The van der Waals surface area contributed by atoms with Crippen LogP contribution in [0.5, 0.6) is 0 Å².